The molecule has 1 amide bonds. The highest BCUT2D eigenvalue weighted by Gasteiger charge is 2.61. The lowest BCUT2D eigenvalue weighted by Gasteiger charge is -2.51. The van der Waals surface area contributed by atoms with Crippen molar-refractivity contribution in [1.82, 2.24) is 10.2 Å². The first-order valence-electron chi connectivity index (χ1n) is 12.5. The predicted octanol–water partition coefficient (Wildman–Crippen LogP) is 4.52. The summed E-state index contributed by atoms with van der Waals surface area (Å²) >= 11 is 0. The van der Waals surface area contributed by atoms with Gasteiger partial charge in [0.05, 0.1) is 12.7 Å². The van der Waals surface area contributed by atoms with Gasteiger partial charge in [-0.1, -0.05) is 32.0 Å². The second-order valence-electron chi connectivity index (χ2n) is 11.5. The summed E-state index contributed by atoms with van der Waals surface area (Å²) in [6.07, 6.45) is 7.50. The van der Waals surface area contributed by atoms with Crippen molar-refractivity contribution in [3.63, 3.8) is 0 Å². The Bertz CT molecular complexity index is 815. The molecule has 2 saturated carbocycles. The Morgan fingerprint density at radius 1 is 1.16 bits per heavy atom. The van der Waals surface area contributed by atoms with Crippen LogP contribution >= 0.6 is 0 Å². The van der Waals surface area contributed by atoms with Crippen molar-refractivity contribution >= 4 is 5.91 Å². The number of fused-ring (bicyclic) bond motifs is 1. The zero-order chi connectivity index (χ0) is 23.0. The zero-order valence-electron chi connectivity index (χ0n) is 20.5. The van der Waals surface area contributed by atoms with E-state index in [0.717, 1.165) is 70.3 Å². The number of likely N-dealkylation sites (tertiary alicyclic amines) is 1. The van der Waals surface area contributed by atoms with Crippen LogP contribution in [0.25, 0.3) is 0 Å². The number of ether oxygens (including phenoxy) is 1. The second-order valence-corrected chi connectivity index (χ2v) is 11.5. The van der Waals surface area contributed by atoms with Gasteiger partial charge in [-0.15, -0.1) is 0 Å². The Hall–Kier alpha value is -1.59. The molecule has 2 aliphatic carbocycles. The summed E-state index contributed by atoms with van der Waals surface area (Å²) in [6, 6.07) is 8.53. The molecule has 5 heteroatoms. The van der Waals surface area contributed by atoms with E-state index in [2.05, 4.69) is 36.2 Å². The van der Waals surface area contributed by atoms with Crippen LogP contribution < -0.4 is 10.1 Å². The topological polar surface area (TPSA) is 61.8 Å². The average molecular weight is 443 g/mol. The molecule has 1 saturated heterocycles. The minimum Gasteiger partial charge on any atom is -0.496 e. The molecule has 3 aliphatic rings. The van der Waals surface area contributed by atoms with E-state index < -0.39 is 5.60 Å². The van der Waals surface area contributed by atoms with Crippen LogP contribution in [0.3, 0.4) is 0 Å². The van der Waals surface area contributed by atoms with E-state index in [4.69, 9.17) is 4.74 Å². The first kappa shape index (κ1) is 23.6. The molecule has 0 aromatic heterocycles. The highest BCUT2D eigenvalue weighted by Crippen LogP contribution is 2.64. The first-order valence-corrected chi connectivity index (χ1v) is 12.5. The number of amides is 1. The average Bonchev–Trinajstić information content (AvgIpc) is 3.37. The third-order valence-corrected chi connectivity index (χ3v) is 8.83. The van der Waals surface area contributed by atoms with Gasteiger partial charge < -0.3 is 20.1 Å². The van der Waals surface area contributed by atoms with Gasteiger partial charge in [-0.05, 0) is 74.7 Å². The van der Waals surface area contributed by atoms with Gasteiger partial charge in [0.25, 0.3) is 0 Å². The van der Waals surface area contributed by atoms with Crippen molar-refractivity contribution in [3.8, 4) is 5.75 Å². The van der Waals surface area contributed by atoms with Gasteiger partial charge in [0, 0.05) is 37.7 Å². The number of hydrogen-bond acceptors (Lipinski definition) is 4. The molecule has 178 valence electrons. The lowest BCUT2D eigenvalue weighted by Crippen LogP contribution is -2.51. The second kappa shape index (κ2) is 8.98. The maximum absolute atomic E-state index is 13.0. The van der Waals surface area contributed by atoms with E-state index >= 15 is 0 Å². The molecule has 4 rings (SSSR count). The molecule has 1 aliphatic heterocycles. The smallest absolute Gasteiger partial charge is 0.222 e. The van der Waals surface area contributed by atoms with Crippen molar-refractivity contribution in [3.05, 3.63) is 29.8 Å². The van der Waals surface area contributed by atoms with E-state index in [-0.39, 0.29) is 10.8 Å². The van der Waals surface area contributed by atoms with Gasteiger partial charge >= 0.3 is 0 Å². The number of hydrogen-bond donors (Lipinski definition) is 2. The Kier molecular flexibility index (Phi) is 6.61. The molecule has 0 radical (unpaired) electrons. The summed E-state index contributed by atoms with van der Waals surface area (Å²) < 4.78 is 5.57. The maximum Gasteiger partial charge on any atom is 0.222 e. The molecular weight excluding hydrogens is 400 g/mol. The summed E-state index contributed by atoms with van der Waals surface area (Å²) in [5.74, 6) is 1.64. The maximum atomic E-state index is 13.0. The van der Waals surface area contributed by atoms with Crippen LogP contribution in [0.15, 0.2) is 24.3 Å². The van der Waals surface area contributed by atoms with E-state index in [1.807, 2.05) is 19.1 Å². The number of benzene rings is 1. The highest BCUT2D eigenvalue weighted by molar-refractivity contribution is 5.76. The van der Waals surface area contributed by atoms with Gasteiger partial charge in [-0.25, -0.2) is 0 Å². The fraction of sp³-hybridized carbons (Fsp3) is 0.741. The number of carbonyl (C=O) groups excluding carboxylic acids is 1. The number of carbonyl (C=O) groups is 1. The summed E-state index contributed by atoms with van der Waals surface area (Å²) in [6.45, 7) is 9.32. The molecule has 1 heterocycles. The third kappa shape index (κ3) is 4.56. The number of aliphatic hydroxyl groups is 1. The summed E-state index contributed by atoms with van der Waals surface area (Å²) in [4.78, 5) is 15.0. The molecule has 5 nitrogen and oxygen atoms in total. The summed E-state index contributed by atoms with van der Waals surface area (Å²) in [7, 11) is 1.72. The molecular formula is C27H42N2O3. The Labute approximate surface area is 193 Å². The molecule has 1 aromatic rings. The molecule has 2 N–H and O–H groups in total. The Morgan fingerprint density at radius 3 is 2.59 bits per heavy atom. The van der Waals surface area contributed by atoms with E-state index in [1.165, 1.54) is 5.56 Å². The number of para-hydroxylation sites is 1. The van der Waals surface area contributed by atoms with Crippen LogP contribution in [0.4, 0.5) is 0 Å². The van der Waals surface area contributed by atoms with Gasteiger partial charge in [-0.3, -0.25) is 4.79 Å². The van der Waals surface area contributed by atoms with Gasteiger partial charge in [0.2, 0.25) is 5.91 Å². The lowest BCUT2D eigenvalue weighted by atomic mass is 9.57. The molecule has 0 spiro atoms. The molecule has 4 atom stereocenters. The van der Waals surface area contributed by atoms with Gasteiger partial charge in [0.15, 0.2) is 0 Å². The summed E-state index contributed by atoms with van der Waals surface area (Å²) in [5.41, 5.74) is 0.729. The van der Waals surface area contributed by atoms with Crippen molar-refractivity contribution < 1.29 is 14.6 Å². The fourth-order valence-corrected chi connectivity index (χ4v) is 7.06. The van der Waals surface area contributed by atoms with Crippen LogP contribution in [-0.4, -0.2) is 47.8 Å². The van der Waals surface area contributed by atoms with Crippen molar-refractivity contribution in [2.24, 2.45) is 16.7 Å². The Balaban J connectivity index is 1.56. The van der Waals surface area contributed by atoms with Crippen LogP contribution in [0.1, 0.15) is 77.7 Å². The largest absolute Gasteiger partial charge is 0.496 e. The predicted molar refractivity (Wildman–Crippen MR) is 127 cm³/mol. The molecule has 1 aromatic carbocycles. The van der Waals surface area contributed by atoms with E-state index in [9.17, 15) is 9.90 Å². The lowest BCUT2D eigenvalue weighted by molar-refractivity contribution is -0.132. The number of methoxy groups -OCH3 is 1. The standard InChI is InChI=1S/C27H42N2O3/c1-25(2)18-23(28-19-20-9-5-6-10-21(20)32-4)27(14-13-26(3,31)17-22(25)27)12-11-24(30)29-15-7-8-16-29/h5-6,9-10,22-23,28,31H,7-8,11-19H2,1-4H3/t22-,23-,26-,27-/m0/s1. The molecule has 3 fully saturated rings. The monoisotopic (exact) mass is 442 g/mol. The van der Waals surface area contributed by atoms with Gasteiger partial charge in [-0.2, -0.15) is 0 Å². The molecule has 32 heavy (non-hydrogen) atoms. The minimum atomic E-state index is -0.609. The third-order valence-electron chi connectivity index (χ3n) is 8.83. The number of rotatable bonds is 7. The van der Waals surface area contributed by atoms with Crippen LogP contribution in [0, 0.1) is 16.7 Å². The van der Waals surface area contributed by atoms with Crippen molar-refractivity contribution in [2.45, 2.75) is 90.3 Å². The van der Waals surface area contributed by atoms with E-state index in [1.54, 1.807) is 7.11 Å². The molecule has 0 unspecified atom stereocenters. The van der Waals surface area contributed by atoms with Crippen molar-refractivity contribution in [2.75, 3.05) is 20.2 Å². The van der Waals surface area contributed by atoms with Crippen LogP contribution in [0.5, 0.6) is 5.75 Å². The van der Waals surface area contributed by atoms with E-state index in [0.29, 0.717) is 24.3 Å². The minimum absolute atomic E-state index is 0.0448. The van der Waals surface area contributed by atoms with Crippen molar-refractivity contribution in [1.29, 1.82) is 0 Å². The normalized spacial score (nSPS) is 33.8. The SMILES string of the molecule is COc1ccccc1CN[C@H]1CC(C)(C)[C@@H]2C[C@@](C)(O)CC[C@]12CCC(=O)N1CCCC1. The van der Waals surface area contributed by atoms with Gasteiger partial charge in [0.1, 0.15) is 5.75 Å². The van der Waals surface area contributed by atoms with Crippen LogP contribution in [-0.2, 0) is 11.3 Å². The zero-order valence-corrected chi connectivity index (χ0v) is 20.5. The van der Waals surface area contributed by atoms with Crippen LogP contribution in [0.2, 0.25) is 0 Å². The first-order chi connectivity index (χ1) is 15.2. The molecule has 0 bridgehead atoms. The number of nitrogens with zero attached hydrogens (tertiary/aromatic N) is 1. The Morgan fingerprint density at radius 2 is 1.88 bits per heavy atom. The number of nitrogens with one attached hydrogen (secondary N) is 1. The fourth-order valence-electron chi connectivity index (χ4n) is 7.06. The quantitative estimate of drug-likeness (QED) is 0.652. The summed E-state index contributed by atoms with van der Waals surface area (Å²) in [5, 5.41) is 14.9. The highest BCUT2D eigenvalue weighted by atomic mass is 16.5.